The van der Waals surface area contributed by atoms with Crippen molar-refractivity contribution in [2.75, 3.05) is 25.1 Å². The molecule has 0 aromatic heterocycles. The second kappa shape index (κ2) is 5.81. The van der Waals surface area contributed by atoms with E-state index in [1.807, 2.05) is 0 Å². The first-order valence-electron chi connectivity index (χ1n) is 8.21. The molecule has 0 spiro atoms. The number of nitrogens with zero attached hydrogens (tertiary/aromatic N) is 1. The number of rotatable bonds is 3. The number of hydrogen-bond donors (Lipinski definition) is 1. The molecular weight excluding hydrogens is 264 g/mol. The van der Waals surface area contributed by atoms with Gasteiger partial charge in [-0.1, -0.05) is 27.7 Å². The van der Waals surface area contributed by atoms with Crippen molar-refractivity contribution in [3.05, 3.63) is 0 Å². The van der Waals surface area contributed by atoms with Crippen LogP contribution in [0.25, 0.3) is 0 Å². The third kappa shape index (κ3) is 3.53. The number of thioether (sulfide) groups is 1. The molecule has 0 aromatic rings. The molecule has 1 saturated heterocycles. The minimum absolute atomic E-state index is 0.221. The molecule has 2 fully saturated rings. The van der Waals surface area contributed by atoms with Crippen LogP contribution in [0, 0.1) is 10.8 Å². The van der Waals surface area contributed by atoms with Crippen molar-refractivity contribution in [1.29, 1.82) is 0 Å². The van der Waals surface area contributed by atoms with Crippen molar-refractivity contribution < 1.29 is 0 Å². The van der Waals surface area contributed by atoms with Gasteiger partial charge >= 0.3 is 0 Å². The van der Waals surface area contributed by atoms with Gasteiger partial charge in [0.2, 0.25) is 0 Å². The van der Waals surface area contributed by atoms with E-state index >= 15 is 0 Å². The molecule has 20 heavy (non-hydrogen) atoms. The molecule has 1 unspecified atom stereocenters. The van der Waals surface area contributed by atoms with E-state index in [0.29, 0.717) is 10.8 Å². The van der Waals surface area contributed by atoms with Crippen LogP contribution >= 0.6 is 11.8 Å². The lowest BCUT2D eigenvalue weighted by atomic mass is 9.73. The van der Waals surface area contributed by atoms with E-state index in [-0.39, 0.29) is 5.54 Å². The van der Waals surface area contributed by atoms with E-state index in [2.05, 4.69) is 51.4 Å². The maximum atomic E-state index is 6.27. The zero-order valence-electron chi connectivity index (χ0n) is 14.2. The van der Waals surface area contributed by atoms with Crippen molar-refractivity contribution in [3.63, 3.8) is 0 Å². The van der Waals surface area contributed by atoms with Gasteiger partial charge in [-0.2, -0.15) is 11.8 Å². The predicted molar refractivity (Wildman–Crippen MR) is 91.3 cm³/mol. The largest absolute Gasteiger partial charge is 0.329 e. The lowest BCUT2D eigenvalue weighted by molar-refractivity contribution is 0.0229. The Morgan fingerprint density at radius 1 is 1.05 bits per heavy atom. The third-order valence-corrected chi connectivity index (χ3v) is 7.38. The van der Waals surface area contributed by atoms with Crippen molar-refractivity contribution in [2.45, 2.75) is 71.4 Å². The molecule has 1 heterocycles. The average Bonchev–Trinajstić information content (AvgIpc) is 2.36. The third-order valence-electron chi connectivity index (χ3n) is 5.66. The van der Waals surface area contributed by atoms with Crippen LogP contribution in [0.3, 0.4) is 0 Å². The molecule has 2 N–H and O–H groups in total. The Hall–Kier alpha value is 0.270. The zero-order chi connectivity index (χ0) is 15.0. The average molecular weight is 299 g/mol. The highest BCUT2D eigenvalue weighted by Crippen LogP contribution is 2.44. The second-order valence-corrected chi connectivity index (χ2v) is 9.75. The highest BCUT2D eigenvalue weighted by atomic mass is 32.2. The summed E-state index contributed by atoms with van der Waals surface area (Å²) in [5, 5.41) is 0. The summed E-state index contributed by atoms with van der Waals surface area (Å²) >= 11 is 2.10. The Morgan fingerprint density at radius 2 is 1.65 bits per heavy atom. The molecule has 1 saturated carbocycles. The minimum atomic E-state index is 0.221. The standard InChI is InChI=1S/C17H34N2S/c1-15(2)8-6-14(7-9-15)19(5)17(11-18)10-16(3,4)12-20-13-17/h14H,6-13,18H2,1-5H3. The van der Waals surface area contributed by atoms with Gasteiger partial charge in [0.05, 0.1) is 0 Å². The van der Waals surface area contributed by atoms with Crippen LogP contribution in [-0.4, -0.2) is 41.6 Å². The summed E-state index contributed by atoms with van der Waals surface area (Å²) in [5.74, 6) is 2.49. The first-order chi connectivity index (χ1) is 9.20. The molecule has 0 aromatic carbocycles. The molecule has 2 rings (SSSR count). The molecule has 0 amide bonds. The Kier molecular flexibility index (Phi) is 4.83. The monoisotopic (exact) mass is 298 g/mol. The van der Waals surface area contributed by atoms with Gasteiger partial charge in [0.25, 0.3) is 0 Å². The maximum absolute atomic E-state index is 6.27. The molecule has 1 aliphatic heterocycles. The number of likely N-dealkylation sites (N-methyl/N-ethyl adjacent to an activating group) is 1. The van der Waals surface area contributed by atoms with Crippen LogP contribution in [0.2, 0.25) is 0 Å². The van der Waals surface area contributed by atoms with E-state index < -0.39 is 0 Å². The Bertz CT molecular complexity index is 330. The van der Waals surface area contributed by atoms with E-state index in [4.69, 9.17) is 5.73 Å². The molecule has 1 atom stereocenters. The Morgan fingerprint density at radius 3 is 2.15 bits per heavy atom. The van der Waals surface area contributed by atoms with Crippen LogP contribution in [0.4, 0.5) is 0 Å². The van der Waals surface area contributed by atoms with E-state index in [9.17, 15) is 0 Å². The topological polar surface area (TPSA) is 29.3 Å². The highest BCUT2D eigenvalue weighted by molar-refractivity contribution is 7.99. The van der Waals surface area contributed by atoms with Gasteiger partial charge < -0.3 is 5.73 Å². The van der Waals surface area contributed by atoms with Crippen LogP contribution in [-0.2, 0) is 0 Å². The summed E-state index contributed by atoms with van der Waals surface area (Å²) in [6.07, 6.45) is 6.66. The molecule has 1 aliphatic carbocycles. The zero-order valence-corrected chi connectivity index (χ0v) is 15.0. The SMILES string of the molecule is CN(C1CCC(C)(C)CC1)C1(CN)CSCC(C)(C)C1. The predicted octanol–water partition coefficient (Wildman–Crippen LogP) is 3.75. The van der Waals surface area contributed by atoms with Gasteiger partial charge in [-0.25, -0.2) is 0 Å². The van der Waals surface area contributed by atoms with Gasteiger partial charge in [-0.05, 0) is 55.7 Å². The summed E-state index contributed by atoms with van der Waals surface area (Å²) in [4.78, 5) is 2.68. The fourth-order valence-corrected chi connectivity index (χ4v) is 5.73. The summed E-state index contributed by atoms with van der Waals surface area (Å²) in [6.45, 7) is 10.4. The minimum Gasteiger partial charge on any atom is -0.329 e. The van der Waals surface area contributed by atoms with Crippen molar-refractivity contribution in [2.24, 2.45) is 16.6 Å². The number of hydrogen-bond acceptors (Lipinski definition) is 3. The lowest BCUT2D eigenvalue weighted by Gasteiger charge is -2.53. The smallest absolute Gasteiger partial charge is 0.0427 e. The molecule has 0 radical (unpaired) electrons. The lowest BCUT2D eigenvalue weighted by Crippen LogP contribution is -2.61. The maximum Gasteiger partial charge on any atom is 0.0427 e. The van der Waals surface area contributed by atoms with Gasteiger partial charge in [0.1, 0.15) is 0 Å². The molecule has 2 aliphatic rings. The van der Waals surface area contributed by atoms with Crippen LogP contribution in [0.15, 0.2) is 0 Å². The van der Waals surface area contributed by atoms with E-state index in [0.717, 1.165) is 12.6 Å². The molecular formula is C17H34N2S. The summed E-state index contributed by atoms with van der Waals surface area (Å²) < 4.78 is 0. The first kappa shape index (κ1) is 16.6. The van der Waals surface area contributed by atoms with E-state index in [1.165, 1.54) is 43.6 Å². The molecule has 3 heteroatoms. The summed E-state index contributed by atoms with van der Waals surface area (Å²) in [6, 6.07) is 0.737. The van der Waals surface area contributed by atoms with Crippen LogP contribution in [0.5, 0.6) is 0 Å². The summed E-state index contributed by atoms with van der Waals surface area (Å²) in [5.41, 5.74) is 7.46. The first-order valence-corrected chi connectivity index (χ1v) is 9.36. The van der Waals surface area contributed by atoms with Gasteiger partial charge in [0, 0.05) is 23.9 Å². The Balaban J connectivity index is 2.07. The van der Waals surface area contributed by atoms with Gasteiger partial charge in [-0.3, -0.25) is 4.90 Å². The Labute approximate surface area is 130 Å². The normalized spacial score (nSPS) is 34.4. The fourth-order valence-electron chi connectivity index (χ4n) is 4.17. The van der Waals surface area contributed by atoms with Crippen LogP contribution < -0.4 is 5.73 Å². The van der Waals surface area contributed by atoms with Gasteiger partial charge in [0.15, 0.2) is 0 Å². The van der Waals surface area contributed by atoms with Crippen LogP contribution in [0.1, 0.15) is 59.8 Å². The van der Waals surface area contributed by atoms with Crippen molar-refractivity contribution >= 4 is 11.8 Å². The second-order valence-electron chi connectivity index (χ2n) is 8.77. The van der Waals surface area contributed by atoms with E-state index in [1.54, 1.807) is 0 Å². The molecule has 2 nitrogen and oxygen atoms in total. The molecule has 118 valence electrons. The van der Waals surface area contributed by atoms with Crippen molar-refractivity contribution in [1.82, 2.24) is 4.90 Å². The fraction of sp³-hybridized carbons (Fsp3) is 1.00. The quantitative estimate of drug-likeness (QED) is 0.860. The van der Waals surface area contributed by atoms with Gasteiger partial charge in [-0.15, -0.1) is 0 Å². The van der Waals surface area contributed by atoms with Crippen molar-refractivity contribution in [3.8, 4) is 0 Å². The number of nitrogens with two attached hydrogens (primary N) is 1. The highest BCUT2D eigenvalue weighted by Gasteiger charge is 2.45. The molecule has 0 bridgehead atoms. The summed E-state index contributed by atoms with van der Waals surface area (Å²) in [7, 11) is 2.35.